The van der Waals surface area contributed by atoms with Crippen molar-refractivity contribution in [3.8, 4) is 28.8 Å². The van der Waals surface area contributed by atoms with Crippen molar-refractivity contribution in [1.82, 2.24) is 9.97 Å². The molecule has 0 fully saturated rings. The van der Waals surface area contributed by atoms with Gasteiger partial charge in [-0.1, -0.05) is 0 Å². The standard InChI is InChI=1S/C12H9IN2O4/c13-9-11(16)14-10(15-12(9)17)6-1-2-7-8(5-6)19-4-3-18-7/h1-2,5H,3-4H2,(H2,14,15,16,17). The molecule has 0 saturated carbocycles. The van der Waals surface area contributed by atoms with Crippen molar-refractivity contribution < 1.29 is 14.6 Å². The Morgan fingerprint density at radius 3 is 2.74 bits per heavy atom. The van der Waals surface area contributed by atoms with Crippen molar-refractivity contribution in [2.45, 2.75) is 0 Å². The molecule has 2 N–H and O–H groups in total. The summed E-state index contributed by atoms with van der Waals surface area (Å²) in [6.07, 6.45) is 0. The third-order valence-corrected chi connectivity index (χ3v) is 3.63. The third kappa shape index (κ3) is 2.25. The number of rotatable bonds is 1. The maximum atomic E-state index is 11.6. The predicted octanol–water partition coefficient (Wildman–Crippen LogP) is 1.52. The Labute approximate surface area is 121 Å². The number of hydrogen-bond acceptors (Lipinski definition) is 5. The summed E-state index contributed by atoms with van der Waals surface area (Å²) >= 11 is 1.74. The Morgan fingerprint density at radius 1 is 1.26 bits per heavy atom. The van der Waals surface area contributed by atoms with Gasteiger partial charge in [0, 0.05) is 5.56 Å². The minimum absolute atomic E-state index is 0.166. The highest BCUT2D eigenvalue weighted by Crippen LogP contribution is 2.33. The van der Waals surface area contributed by atoms with Crippen LogP contribution in [0.3, 0.4) is 0 Å². The molecule has 1 aliphatic heterocycles. The Balaban J connectivity index is 2.09. The second kappa shape index (κ2) is 4.72. The minimum atomic E-state index is -0.377. The molecule has 0 spiro atoms. The number of aromatic amines is 1. The lowest BCUT2D eigenvalue weighted by molar-refractivity contribution is 0.171. The van der Waals surface area contributed by atoms with Gasteiger partial charge in [-0.15, -0.1) is 0 Å². The molecule has 19 heavy (non-hydrogen) atoms. The molecule has 1 aliphatic rings. The molecule has 6 nitrogen and oxygen atoms in total. The number of aromatic hydroxyl groups is 1. The van der Waals surface area contributed by atoms with Gasteiger partial charge >= 0.3 is 0 Å². The van der Waals surface area contributed by atoms with E-state index in [9.17, 15) is 9.90 Å². The van der Waals surface area contributed by atoms with E-state index < -0.39 is 0 Å². The smallest absolute Gasteiger partial charge is 0.268 e. The molecule has 0 unspecified atom stereocenters. The number of halogens is 1. The largest absolute Gasteiger partial charge is 0.492 e. The van der Waals surface area contributed by atoms with Crippen LogP contribution in [-0.4, -0.2) is 28.3 Å². The van der Waals surface area contributed by atoms with Crippen LogP contribution in [0.5, 0.6) is 17.4 Å². The van der Waals surface area contributed by atoms with Crippen molar-refractivity contribution in [3.05, 3.63) is 32.1 Å². The van der Waals surface area contributed by atoms with Crippen LogP contribution in [0.15, 0.2) is 23.0 Å². The molecule has 2 heterocycles. The highest BCUT2D eigenvalue weighted by molar-refractivity contribution is 14.1. The van der Waals surface area contributed by atoms with Crippen LogP contribution < -0.4 is 15.0 Å². The van der Waals surface area contributed by atoms with E-state index in [-0.39, 0.29) is 15.0 Å². The van der Waals surface area contributed by atoms with Crippen LogP contribution in [0.2, 0.25) is 0 Å². The molecule has 3 rings (SSSR count). The SMILES string of the molecule is O=c1[nH]c(-c2ccc3c(c2)OCCO3)nc(O)c1I. The molecular formula is C12H9IN2O4. The summed E-state index contributed by atoms with van der Waals surface area (Å²) in [5.41, 5.74) is 0.269. The third-order valence-electron chi connectivity index (χ3n) is 2.66. The van der Waals surface area contributed by atoms with Gasteiger partial charge in [0.2, 0.25) is 5.88 Å². The maximum Gasteiger partial charge on any atom is 0.268 e. The monoisotopic (exact) mass is 372 g/mol. The summed E-state index contributed by atoms with van der Waals surface area (Å²) in [6.45, 7) is 1.00. The van der Waals surface area contributed by atoms with E-state index in [1.165, 1.54) is 0 Å². The Hall–Kier alpha value is -1.77. The van der Waals surface area contributed by atoms with Crippen LogP contribution in [0.25, 0.3) is 11.4 Å². The fraction of sp³-hybridized carbons (Fsp3) is 0.167. The number of fused-ring (bicyclic) bond motifs is 1. The molecule has 0 atom stereocenters. The van der Waals surface area contributed by atoms with Gasteiger partial charge in [-0.25, -0.2) is 0 Å². The van der Waals surface area contributed by atoms with Crippen molar-refractivity contribution in [2.24, 2.45) is 0 Å². The number of H-pyrrole nitrogens is 1. The lowest BCUT2D eigenvalue weighted by atomic mass is 10.2. The van der Waals surface area contributed by atoms with Crippen molar-refractivity contribution in [3.63, 3.8) is 0 Å². The van der Waals surface area contributed by atoms with Crippen LogP contribution in [-0.2, 0) is 0 Å². The van der Waals surface area contributed by atoms with Gasteiger partial charge in [0.1, 0.15) is 22.6 Å². The second-order valence-electron chi connectivity index (χ2n) is 3.91. The van der Waals surface area contributed by atoms with E-state index in [2.05, 4.69) is 9.97 Å². The molecule has 7 heteroatoms. The fourth-order valence-corrected chi connectivity index (χ4v) is 2.03. The second-order valence-corrected chi connectivity index (χ2v) is 4.99. The maximum absolute atomic E-state index is 11.6. The molecule has 98 valence electrons. The predicted molar refractivity (Wildman–Crippen MR) is 75.7 cm³/mol. The van der Waals surface area contributed by atoms with E-state index >= 15 is 0 Å². The number of hydrogen-bond donors (Lipinski definition) is 2. The lowest BCUT2D eigenvalue weighted by Crippen LogP contribution is -2.15. The first-order chi connectivity index (χ1) is 9.15. The molecule has 1 aromatic carbocycles. The summed E-state index contributed by atoms with van der Waals surface area (Å²) in [4.78, 5) is 18.2. The van der Waals surface area contributed by atoms with Crippen molar-refractivity contribution >= 4 is 22.6 Å². The molecule has 0 saturated heterocycles. The molecule has 0 radical (unpaired) electrons. The molecule has 0 bridgehead atoms. The highest BCUT2D eigenvalue weighted by atomic mass is 127. The van der Waals surface area contributed by atoms with Gasteiger partial charge in [-0.2, -0.15) is 4.98 Å². The lowest BCUT2D eigenvalue weighted by Gasteiger charge is -2.18. The zero-order valence-electron chi connectivity index (χ0n) is 9.64. The quantitative estimate of drug-likeness (QED) is 0.742. The van der Waals surface area contributed by atoms with Crippen molar-refractivity contribution in [2.75, 3.05) is 13.2 Å². The van der Waals surface area contributed by atoms with Gasteiger partial charge < -0.3 is 19.6 Å². The summed E-state index contributed by atoms with van der Waals surface area (Å²) in [5.74, 6) is 1.27. The first kappa shape index (κ1) is 12.3. The summed E-state index contributed by atoms with van der Waals surface area (Å²) in [5, 5.41) is 9.59. The fourth-order valence-electron chi connectivity index (χ4n) is 1.77. The van der Waals surface area contributed by atoms with Crippen molar-refractivity contribution in [1.29, 1.82) is 0 Å². The van der Waals surface area contributed by atoms with E-state index in [0.29, 0.717) is 36.1 Å². The molecule has 2 aromatic rings. The van der Waals surface area contributed by atoms with E-state index in [1.807, 2.05) is 0 Å². The van der Waals surface area contributed by atoms with Crippen LogP contribution in [0.1, 0.15) is 0 Å². The first-order valence-corrected chi connectivity index (χ1v) is 6.62. The molecule has 1 aromatic heterocycles. The van der Waals surface area contributed by atoms with E-state index in [1.54, 1.807) is 40.8 Å². The molecule has 0 aliphatic carbocycles. The molecule has 0 amide bonds. The Morgan fingerprint density at radius 2 is 2.00 bits per heavy atom. The van der Waals surface area contributed by atoms with Crippen LogP contribution >= 0.6 is 22.6 Å². The Kier molecular flexibility index (Phi) is 3.05. The Bertz CT molecular complexity index is 699. The number of nitrogens with one attached hydrogen (secondary N) is 1. The summed E-state index contributed by atoms with van der Waals surface area (Å²) < 4.78 is 11.0. The number of aromatic nitrogens is 2. The first-order valence-electron chi connectivity index (χ1n) is 5.54. The summed E-state index contributed by atoms with van der Waals surface area (Å²) in [6, 6.07) is 5.22. The minimum Gasteiger partial charge on any atom is -0.492 e. The number of benzene rings is 1. The normalized spacial score (nSPS) is 13.3. The van der Waals surface area contributed by atoms with Gasteiger partial charge in [0.05, 0.1) is 0 Å². The zero-order chi connectivity index (χ0) is 13.4. The summed E-state index contributed by atoms with van der Waals surface area (Å²) in [7, 11) is 0. The topological polar surface area (TPSA) is 84.4 Å². The van der Waals surface area contributed by atoms with Gasteiger partial charge in [-0.05, 0) is 40.8 Å². The van der Waals surface area contributed by atoms with Crippen LogP contribution in [0.4, 0.5) is 0 Å². The van der Waals surface area contributed by atoms with E-state index in [4.69, 9.17) is 9.47 Å². The van der Waals surface area contributed by atoms with E-state index in [0.717, 1.165) is 0 Å². The highest BCUT2D eigenvalue weighted by Gasteiger charge is 2.14. The average molecular weight is 372 g/mol. The van der Waals surface area contributed by atoms with Gasteiger partial charge in [0.25, 0.3) is 5.56 Å². The molecular weight excluding hydrogens is 363 g/mol. The van der Waals surface area contributed by atoms with Crippen LogP contribution in [0, 0.1) is 3.57 Å². The van der Waals surface area contributed by atoms with Gasteiger partial charge in [0.15, 0.2) is 11.5 Å². The average Bonchev–Trinajstić information content (AvgIpc) is 2.43. The number of nitrogens with zero attached hydrogens (tertiary/aromatic N) is 1. The zero-order valence-corrected chi connectivity index (χ0v) is 11.8. The number of ether oxygens (including phenoxy) is 2. The van der Waals surface area contributed by atoms with Gasteiger partial charge in [-0.3, -0.25) is 4.79 Å².